The van der Waals surface area contributed by atoms with Crippen molar-refractivity contribution >= 4 is 17.2 Å². The van der Waals surface area contributed by atoms with E-state index < -0.39 is 5.91 Å². The van der Waals surface area contributed by atoms with Gasteiger partial charge in [-0.2, -0.15) is 0 Å². The molecule has 3 N–H and O–H groups in total. The highest BCUT2D eigenvalue weighted by atomic mass is 32.1. The van der Waals surface area contributed by atoms with Gasteiger partial charge >= 0.3 is 0 Å². The van der Waals surface area contributed by atoms with Crippen LogP contribution in [0.2, 0.25) is 0 Å². The van der Waals surface area contributed by atoms with Gasteiger partial charge in [-0.15, -0.1) is 11.3 Å². The number of primary amides is 1. The Kier molecular flexibility index (Phi) is 7.18. The molecule has 1 unspecified atom stereocenters. The number of β-amino-alcohol motifs (C(OH)–C–C–N with tert-alkyl or cyclic N) is 1. The first-order valence-corrected chi connectivity index (χ1v) is 10.7. The third kappa shape index (κ3) is 5.85. The Morgan fingerprint density at radius 1 is 1.36 bits per heavy atom. The first-order chi connectivity index (χ1) is 13.4. The smallest absolute Gasteiger partial charge is 0.248 e. The number of nitrogens with zero attached hydrogens (tertiary/aromatic N) is 3. The van der Waals surface area contributed by atoms with Crippen LogP contribution in [0.1, 0.15) is 35.8 Å². The summed E-state index contributed by atoms with van der Waals surface area (Å²) < 4.78 is 0. The minimum absolute atomic E-state index is 0.245. The summed E-state index contributed by atoms with van der Waals surface area (Å²) in [5.41, 5.74) is 7.89. The third-order valence-electron chi connectivity index (χ3n) is 5.20. The molecule has 152 valence electrons. The van der Waals surface area contributed by atoms with Crippen LogP contribution in [0.25, 0.3) is 10.6 Å². The van der Waals surface area contributed by atoms with Gasteiger partial charge in [0, 0.05) is 36.1 Å². The number of amides is 1. The van der Waals surface area contributed by atoms with Gasteiger partial charge in [-0.25, -0.2) is 4.98 Å². The fraction of sp³-hybridized carbons (Fsp3) is 0.524. The molecule has 2 heterocycles. The first-order valence-electron chi connectivity index (χ1n) is 9.84. The molecule has 1 saturated heterocycles. The van der Waals surface area contributed by atoms with E-state index in [1.807, 2.05) is 19.1 Å². The Bertz CT molecular complexity index is 767. The van der Waals surface area contributed by atoms with Gasteiger partial charge in [0.25, 0.3) is 0 Å². The number of nitrogens with two attached hydrogens (primary N) is 1. The number of likely N-dealkylation sites (tertiary alicyclic amines) is 1. The second-order valence-corrected chi connectivity index (χ2v) is 8.73. The average Bonchev–Trinajstić information content (AvgIpc) is 3.11. The topological polar surface area (TPSA) is 82.7 Å². The maximum Gasteiger partial charge on any atom is 0.248 e. The molecule has 1 fully saturated rings. The first kappa shape index (κ1) is 20.9. The van der Waals surface area contributed by atoms with E-state index in [-0.39, 0.29) is 6.10 Å². The minimum atomic E-state index is -0.412. The van der Waals surface area contributed by atoms with Crippen LogP contribution in [-0.2, 0) is 6.54 Å². The van der Waals surface area contributed by atoms with Crippen molar-refractivity contribution < 1.29 is 9.90 Å². The summed E-state index contributed by atoms with van der Waals surface area (Å²) in [5.74, 6) is 0.291. The Morgan fingerprint density at radius 3 is 2.64 bits per heavy atom. The zero-order valence-corrected chi connectivity index (χ0v) is 17.5. The van der Waals surface area contributed by atoms with E-state index in [9.17, 15) is 9.90 Å². The van der Waals surface area contributed by atoms with Gasteiger partial charge in [0.2, 0.25) is 5.91 Å². The summed E-state index contributed by atoms with van der Waals surface area (Å²) in [6.45, 7) is 6.70. The number of carbonyl (C=O) groups is 1. The number of piperidine rings is 1. The summed E-state index contributed by atoms with van der Waals surface area (Å²) in [6, 6.07) is 7.28. The van der Waals surface area contributed by atoms with E-state index in [2.05, 4.69) is 22.2 Å². The normalized spacial score (nSPS) is 17.1. The molecule has 28 heavy (non-hydrogen) atoms. The van der Waals surface area contributed by atoms with Crippen LogP contribution in [0.5, 0.6) is 0 Å². The summed E-state index contributed by atoms with van der Waals surface area (Å²) in [4.78, 5) is 20.7. The summed E-state index contributed by atoms with van der Waals surface area (Å²) in [7, 11) is 2.16. The van der Waals surface area contributed by atoms with Crippen molar-refractivity contribution in [2.45, 2.75) is 32.4 Å². The van der Waals surface area contributed by atoms with Crippen LogP contribution in [-0.4, -0.2) is 65.1 Å². The molecule has 1 aliphatic rings. The predicted octanol–water partition coefficient (Wildman–Crippen LogP) is 2.43. The molecule has 1 aromatic carbocycles. The lowest BCUT2D eigenvalue weighted by atomic mass is 9.96. The zero-order chi connectivity index (χ0) is 20.1. The quantitative estimate of drug-likeness (QED) is 0.709. The van der Waals surface area contributed by atoms with E-state index in [1.54, 1.807) is 23.5 Å². The molecule has 1 atom stereocenters. The number of aliphatic hydroxyl groups excluding tert-OH is 1. The van der Waals surface area contributed by atoms with Crippen molar-refractivity contribution in [1.29, 1.82) is 0 Å². The molecule has 1 aromatic heterocycles. The fourth-order valence-electron chi connectivity index (χ4n) is 3.80. The standard InChI is InChI=1S/C21H30N4O2S/c1-15(26)11-25-9-7-16(8-10-25)12-24(2)13-19-14-28-21(23-19)18-5-3-17(4-6-18)20(22)27/h3-6,14-16,26H,7-13H2,1-2H3,(H2,22,27). The van der Waals surface area contributed by atoms with E-state index >= 15 is 0 Å². The van der Waals surface area contributed by atoms with Gasteiger partial charge in [-0.05, 0) is 58.0 Å². The van der Waals surface area contributed by atoms with Gasteiger partial charge in [-0.1, -0.05) is 12.1 Å². The Hall–Kier alpha value is -1.80. The number of hydrogen-bond acceptors (Lipinski definition) is 6. The predicted molar refractivity (Wildman–Crippen MR) is 113 cm³/mol. The van der Waals surface area contributed by atoms with E-state index in [0.717, 1.165) is 49.0 Å². The van der Waals surface area contributed by atoms with Crippen molar-refractivity contribution in [3.8, 4) is 10.6 Å². The maximum atomic E-state index is 11.2. The Morgan fingerprint density at radius 2 is 2.04 bits per heavy atom. The summed E-state index contributed by atoms with van der Waals surface area (Å²) in [6.07, 6.45) is 2.13. The number of rotatable bonds is 8. The second-order valence-electron chi connectivity index (χ2n) is 7.88. The lowest BCUT2D eigenvalue weighted by molar-refractivity contribution is 0.0918. The van der Waals surface area contributed by atoms with Gasteiger partial charge in [0.05, 0.1) is 11.8 Å². The molecule has 3 rings (SSSR count). The number of aromatic nitrogens is 1. The highest BCUT2D eigenvalue weighted by Crippen LogP contribution is 2.25. The summed E-state index contributed by atoms with van der Waals surface area (Å²) >= 11 is 1.63. The zero-order valence-electron chi connectivity index (χ0n) is 16.7. The van der Waals surface area contributed by atoms with Crippen molar-refractivity contribution in [3.05, 3.63) is 40.9 Å². The second kappa shape index (κ2) is 9.60. The summed E-state index contributed by atoms with van der Waals surface area (Å²) in [5, 5.41) is 12.6. The van der Waals surface area contributed by atoms with Crippen LogP contribution in [0.3, 0.4) is 0 Å². The molecule has 1 amide bonds. The van der Waals surface area contributed by atoms with Crippen LogP contribution in [0, 0.1) is 5.92 Å². The lowest BCUT2D eigenvalue weighted by Crippen LogP contribution is -2.40. The monoisotopic (exact) mass is 402 g/mol. The molecular formula is C21H30N4O2S. The van der Waals surface area contributed by atoms with Crippen molar-refractivity contribution in [2.75, 3.05) is 33.2 Å². The van der Waals surface area contributed by atoms with E-state index in [0.29, 0.717) is 11.5 Å². The lowest BCUT2D eigenvalue weighted by Gasteiger charge is -2.34. The number of thiazole rings is 1. The van der Waals surface area contributed by atoms with Crippen LogP contribution in [0.15, 0.2) is 29.6 Å². The number of benzene rings is 1. The van der Waals surface area contributed by atoms with Gasteiger partial charge in [-0.3, -0.25) is 4.79 Å². The minimum Gasteiger partial charge on any atom is -0.392 e. The molecule has 7 heteroatoms. The van der Waals surface area contributed by atoms with E-state index in [4.69, 9.17) is 10.7 Å². The largest absolute Gasteiger partial charge is 0.392 e. The molecule has 0 aliphatic carbocycles. The van der Waals surface area contributed by atoms with Gasteiger partial charge in [0.15, 0.2) is 0 Å². The van der Waals surface area contributed by atoms with Gasteiger partial charge in [0.1, 0.15) is 5.01 Å². The molecule has 0 bridgehead atoms. The molecule has 0 saturated carbocycles. The van der Waals surface area contributed by atoms with Crippen LogP contribution < -0.4 is 5.73 Å². The van der Waals surface area contributed by atoms with Crippen molar-refractivity contribution in [2.24, 2.45) is 11.7 Å². The number of aliphatic hydroxyl groups is 1. The number of hydrogen-bond donors (Lipinski definition) is 2. The highest BCUT2D eigenvalue weighted by Gasteiger charge is 2.21. The van der Waals surface area contributed by atoms with Crippen LogP contribution >= 0.6 is 11.3 Å². The SMILES string of the molecule is CC(O)CN1CCC(CN(C)Cc2csc(-c3ccc(C(N)=O)cc3)n2)CC1. The van der Waals surface area contributed by atoms with Crippen molar-refractivity contribution in [3.63, 3.8) is 0 Å². The fourth-order valence-corrected chi connectivity index (χ4v) is 4.61. The van der Waals surface area contributed by atoms with Crippen molar-refractivity contribution in [1.82, 2.24) is 14.8 Å². The third-order valence-corrected chi connectivity index (χ3v) is 6.14. The average molecular weight is 403 g/mol. The molecule has 0 spiro atoms. The highest BCUT2D eigenvalue weighted by molar-refractivity contribution is 7.13. The van der Waals surface area contributed by atoms with E-state index in [1.165, 1.54) is 12.8 Å². The van der Waals surface area contributed by atoms with Gasteiger partial charge < -0.3 is 20.6 Å². The Balaban J connectivity index is 1.49. The molecule has 0 radical (unpaired) electrons. The Labute approximate surface area is 171 Å². The van der Waals surface area contributed by atoms with Crippen LogP contribution in [0.4, 0.5) is 0 Å². The molecule has 2 aromatic rings. The molecule has 1 aliphatic heterocycles. The maximum absolute atomic E-state index is 11.2. The molecule has 6 nitrogen and oxygen atoms in total. The molecular weight excluding hydrogens is 372 g/mol. The number of carbonyl (C=O) groups excluding carboxylic acids is 1.